The molecule has 2 aromatic heterocycles. The number of aromatic carboxylic acids is 1. The summed E-state index contributed by atoms with van der Waals surface area (Å²) in [6.07, 6.45) is 2.47. The van der Waals surface area contributed by atoms with Crippen molar-refractivity contribution < 1.29 is 14.6 Å². The topological polar surface area (TPSA) is 116 Å². The Morgan fingerprint density at radius 2 is 2.18 bits per heavy atom. The van der Waals surface area contributed by atoms with Crippen LogP contribution in [0.4, 0.5) is 5.82 Å². The summed E-state index contributed by atoms with van der Waals surface area (Å²) in [5, 5.41) is 17.4. The van der Waals surface area contributed by atoms with E-state index in [1.54, 1.807) is 24.5 Å². The quantitative estimate of drug-likeness (QED) is 0.463. The summed E-state index contributed by atoms with van der Waals surface area (Å²) in [6.45, 7) is 3.15. The maximum Gasteiger partial charge on any atom is 0.339 e. The number of carboxylic acids is 1. The Bertz CT molecular complexity index is 976. The Balaban J connectivity index is 1.60. The predicted octanol–water partition coefficient (Wildman–Crippen LogP) is 3.33. The Hall–Kier alpha value is -2.69. The third kappa shape index (κ3) is 4.97. The number of nitrogens with zero attached hydrogens (tertiary/aromatic N) is 4. The van der Waals surface area contributed by atoms with Crippen molar-refractivity contribution in [3.8, 4) is 17.3 Å². The van der Waals surface area contributed by atoms with E-state index in [1.807, 2.05) is 22.8 Å². The average molecular weight is 493 g/mol. The lowest BCUT2D eigenvalue weighted by atomic mass is 10.1. The van der Waals surface area contributed by atoms with Crippen LogP contribution in [0.25, 0.3) is 11.5 Å². The summed E-state index contributed by atoms with van der Waals surface area (Å²) in [4.78, 5) is 15.7. The fraction of sp³-hybridized carbons (Fsp3) is 0.263. The number of anilines is 1. The molecular formula is C19H20IN5O3. The van der Waals surface area contributed by atoms with Crippen LogP contribution in [0.3, 0.4) is 0 Å². The van der Waals surface area contributed by atoms with Crippen LogP contribution in [0.5, 0.6) is 5.75 Å². The number of carbonyl (C=O) groups is 1. The van der Waals surface area contributed by atoms with Crippen LogP contribution < -0.4 is 10.5 Å². The number of ether oxygens (including phenoxy) is 1. The minimum absolute atomic E-state index is 0.174. The lowest BCUT2D eigenvalue weighted by Gasteiger charge is -2.15. The van der Waals surface area contributed by atoms with Gasteiger partial charge in [0.2, 0.25) is 0 Å². The van der Waals surface area contributed by atoms with Gasteiger partial charge in [-0.25, -0.2) is 9.78 Å². The van der Waals surface area contributed by atoms with Gasteiger partial charge in [-0.2, -0.15) is 0 Å². The number of aromatic nitrogens is 4. The Kier molecular flexibility index (Phi) is 6.45. The van der Waals surface area contributed by atoms with Crippen molar-refractivity contribution in [2.45, 2.75) is 19.9 Å². The van der Waals surface area contributed by atoms with Gasteiger partial charge in [-0.3, -0.25) is 0 Å². The molecule has 0 amide bonds. The standard InChI is InChI=1S/C19H20IN5O3/c1-12(10-28-16-6-5-13(20)9-14(16)19(26)27)7-8-25-11-22-24-18(25)15-3-2-4-17(21)23-15/h2-6,9,11-12H,7-8,10H2,1H3,(H2,21,23)(H,26,27)/t12-/m1/s1. The van der Waals surface area contributed by atoms with Gasteiger partial charge in [0.05, 0.1) is 6.61 Å². The van der Waals surface area contributed by atoms with Crippen LogP contribution in [0, 0.1) is 9.49 Å². The van der Waals surface area contributed by atoms with Crippen molar-refractivity contribution >= 4 is 34.4 Å². The van der Waals surface area contributed by atoms with E-state index in [0.717, 1.165) is 9.99 Å². The molecule has 0 aliphatic carbocycles. The highest BCUT2D eigenvalue weighted by atomic mass is 127. The maximum atomic E-state index is 11.4. The largest absolute Gasteiger partial charge is 0.492 e. The molecule has 0 spiro atoms. The molecule has 146 valence electrons. The van der Waals surface area contributed by atoms with E-state index >= 15 is 0 Å². The van der Waals surface area contributed by atoms with Crippen LogP contribution in [0.2, 0.25) is 0 Å². The summed E-state index contributed by atoms with van der Waals surface area (Å²) < 4.78 is 8.54. The molecular weight excluding hydrogens is 473 g/mol. The number of carboxylic acid groups (broad SMARTS) is 1. The van der Waals surface area contributed by atoms with Crippen LogP contribution in [0.15, 0.2) is 42.7 Å². The minimum atomic E-state index is -0.995. The first-order chi connectivity index (χ1) is 13.4. The zero-order chi connectivity index (χ0) is 20.1. The van der Waals surface area contributed by atoms with Crippen molar-refractivity contribution in [3.63, 3.8) is 0 Å². The fourth-order valence-corrected chi connectivity index (χ4v) is 3.15. The number of halogens is 1. The molecule has 0 aliphatic heterocycles. The van der Waals surface area contributed by atoms with Crippen molar-refractivity contribution in [1.82, 2.24) is 19.7 Å². The molecule has 0 bridgehead atoms. The highest BCUT2D eigenvalue weighted by molar-refractivity contribution is 14.1. The summed E-state index contributed by atoms with van der Waals surface area (Å²) in [6, 6.07) is 10.5. The van der Waals surface area contributed by atoms with Gasteiger partial charge in [0.15, 0.2) is 5.82 Å². The molecule has 0 saturated heterocycles. The van der Waals surface area contributed by atoms with Crippen molar-refractivity contribution in [1.29, 1.82) is 0 Å². The van der Waals surface area contributed by atoms with E-state index in [-0.39, 0.29) is 11.5 Å². The first-order valence-corrected chi connectivity index (χ1v) is 9.78. The number of aryl methyl sites for hydroxylation is 1. The van der Waals surface area contributed by atoms with E-state index in [9.17, 15) is 9.90 Å². The van der Waals surface area contributed by atoms with Gasteiger partial charge in [-0.15, -0.1) is 10.2 Å². The number of hydrogen-bond donors (Lipinski definition) is 2. The summed E-state index contributed by atoms with van der Waals surface area (Å²) in [5.41, 5.74) is 6.59. The smallest absolute Gasteiger partial charge is 0.339 e. The summed E-state index contributed by atoms with van der Waals surface area (Å²) in [5.74, 6) is 0.676. The zero-order valence-electron chi connectivity index (χ0n) is 15.2. The average Bonchev–Trinajstić information content (AvgIpc) is 3.14. The van der Waals surface area contributed by atoms with Crippen LogP contribution >= 0.6 is 22.6 Å². The molecule has 3 N–H and O–H groups in total. The van der Waals surface area contributed by atoms with Gasteiger partial charge in [-0.1, -0.05) is 13.0 Å². The van der Waals surface area contributed by atoms with Gasteiger partial charge in [-0.05, 0) is 65.3 Å². The van der Waals surface area contributed by atoms with E-state index in [4.69, 9.17) is 10.5 Å². The molecule has 2 heterocycles. The van der Waals surface area contributed by atoms with Crippen LogP contribution in [-0.4, -0.2) is 37.4 Å². The molecule has 1 aromatic carbocycles. The predicted molar refractivity (Wildman–Crippen MR) is 113 cm³/mol. The molecule has 1 atom stereocenters. The van der Waals surface area contributed by atoms with Gasteiger partial charge < -0.3 is 20.1 Å². The Morgan fingerprint density at radius 3 is 2.93 bits per heavy atom. The molecule has 9 heteroatoms. The number of rotatable bonds is 8. The Labute approximate surface area is 175 Å². The first-order valence-electron chi connectivity index (χ1n) is 8.70. The highest BCUT2D eigenvalue weighted by Crippen LogP contribution is 2.23. The van der Waals surface area contributed by atoms with Crippen LogP contribution in [0.1, 0.15) is 23.7 Å². The third-order valence-electron chi connectivity index (χ3n) is 4.17. The molecule has 8 nitrogen and oxygen atoms in total. The molecule has 0 unspecified atom stereocenters. The van der Waals surface area contributed by atoms with E-state index in [2.05, 4.69) is 44.7 Å². The van der Waals surface area contributed by atoms with Crippen molar-refractivity contribution in [3.05, 3.63) is 51.9 Å². The first kappa shape index (κ1) is 20.1. The van der Waals surface area contributed by atoms with Gasteiger partial charge in [0, 0.05) is 10.1 Å². The zero-order valence-corrected chi connectivity index (χ0v) is 17.4. The molecule has 0 radical (unpaired) electrons. The third-order valence-corrected chi connectivity index (χ3v) is 4.84. The molecule has 3 rings (SSSR count). The SMILES string of the molecule is C[C@H](CCn1cnnc1-c1cccc(N)n1)COc1ccc(I)cc1C(=O)O. The number of benzene rings is 1. The maximum absolute atomic E-state index is 11.4. The molecule has 28 heavy (non-hydrogen) atoms. The normalized spacial score (nSPS) is 11.9. The number of nitrogens with two attached hydrogens (primary N) is 1. The molecule has 0 aliphatic rings. The number of hydrogen-bond acceptors (Lipinski definition) is 6. The van der Waals surface area contributed by atoms with Gasteiger partial charge in [0.1, 0.15) is 29.2 Å². The van der Waals surface area contributed by atoms with Gasteiger partial charge >= 0.3 is 5.97 Å². The van der Waals surface area contributed by atoms with Crippen molar-refractivity contribution in [2.24, 2.45) is 5.92 Å². The molecule has 0 saturated carbocycles. The Morgan fingerprint density at radius 1 is 1.36 bits per heavy atom. The lowest BCUT2D eigenvalue weighted by molar-refractivity contribution is 0.0691. The number of nitrogen functional groups attached to an aromatic ring is 1. The molecule has 0 fully saturated rings. The van der Waals surface area contributed by atoms with Crippen molar-refractivity contribution in [2.75, 3.05) is 12.3 Å². The second-order valence-electron chi connectivity index (χ2n) is 6.45. The minimum Gasteiger partial charge on any atom is -0.492 e. The summed E-state index contributed by atoms with van der Waals surface area (Å²) >= 11 is 2.08. The summed E-state index contributed by atoms with van der Waals surface area (Å²) in [7, 11) is 0. The van der Waals surface area contributed by atoms with E-state index < -0.39 is 5.97 Å². The van der Waals surface area contributed by atoms with Gasteiger partial charge in [0.25, 0.3) is 0 Å². The number of pyridine rings is 1. The van der Waals surface area contributed by atoms with E-state index in [1.165, 1.54) is 0 Å². The monoisotopic (exact) mass is 493 g/mol. The highest BCUT2D eigenvalue weighted by Gasteiger charge is 2.14. The molecule has 3 aromatic rings. The fourth-order valence-electron chi connectivity index (χ4n) is 2.66. The van der Waals surface area contributed by atoms with Crippen LogP contribution in [-0.2, 0) is 6.54 Å². The lowest BCUT2D eigenvalue weighted by Crippen LogP contribution is -2.14. The second kappa shape index (κ2) is 9.00. The second-order valence-corrected chi connectivity index (χ2v) is 7.69. The van der Waals surface area contributed by atoms with E-state index in [0.29, 0.717) is 36.2 Å².